The highest BCUT2D eigenvalue weighted by Gasteiger charge is 2.14. The number of hydrogen-bond acceptors (Lipinski definition) is 4. The van der Waals surface area contributed by atoms with Gasteiger partial charge in [-0.15, -0.1) is 11.3 Å². The van der Waals surface area contributed by atoms with E-state index in [1.807, 2.05) is 50.5 Å². The minimum absolute atomic E-state index is 0.0170. The molecule has 2 aromatic rings. The minimum Gasteiger partial charge on any atom is -0.497 e. The molecule has 122 valence electrons. The first-order valence-corrected chi connectivity index (χ1v) is 8.37. The van der Waals surface area contributed by atoms with Crippen LogP contribution in [0.1, 0.15) is 23.2 Å². The number of ether oxygens (including phenoxy) is 1. The van der Waals surface area contributed by atoms with Gasteiger partial charge in [0.05, 0.1) is 17.8 Å². The van der Waals surface area contributed by atoms with Gasteiger partial charge < -0.3 is 9.64 Å². The van der Waals surface area contributed by atoms with Crippen molar-refractivity contribution in [2.75, 3.05) is 14.2 Å². The van der Waals surface area contributed by atoms with Gasteiger partial charge in [0.1, 0.15) is 5.75 Å². The molecule has 0 radical (unpaired) electrons. The highest BCUT2D eigenvalue weighted by Crippen LogP contribution is 2.15. The molecule has 1 unspecified atom stereocenters. The van der Waals surface area contributed by atoms with Crippen molar-refractivity contribution >= 4 is 23.3 Å². The number of likely N-dealkylation sites (N-methyl/N-ethyl adjacent to an activating group) is 1. The normalized spacial score (nSPS) is 12.3. The molecule has 0 bridgehead atoms. The first-order chi connectivity index (χ1) is 11.0. The van der Waals surface area contributed by atoms with E-state index in [1.54, 1.807) is 35.5 Å². The zero-order valence-corrected chi connectivity index (χ0v) is 14.8. The van der Waals surface area contributed by atoms with Gasteiger partial charge in [-0.25, -0.2) is 4.98 Å². The van der Waals surface area contributed by atoms with E-state index in [0.29, 0.717) is 0 Å². The second-order valence-corrected chi connectivity index (χ2v) is 6.54. The quantitative estimate of drug-likeness (QED) is 0.761. The van der Waals surface area contributed by atoms with Gasteiger partial charge in [-0.05, 0) is 44.0 Å². The van der Waals surface area contributed by atoms with Crippen molar-refractivity contribution in [3.63, 3.8) is 0 Å². The Kier molecular flexibility index (Phi) is 5.93. The first kappa shape index (κ1) is 17.2. The van der Waals surface area contributed by atoms with E-state index in [4.69, 9.17) is 4.74 Å². The van der Waals surface area contributed by atoms with Crippen LogP contribution in [0.15, 0.2) is 35.7 Å². The molecule has 0 aliphatic carbocycles. The van der Waals surface area contributed by atoms with Gasteiger partial charge in [-0.2, -0.15) is 0 Å². The topological polar surface area (TPSA) is 42.4 Å². The van der Waals surface area contributed by atoms with E-state index >= 15 is 0 Å². The maximum Gasteiger partial charge on any atom is 0.246 e. The standard InChI is InChI=1S/C18H22N2O2S/c1-13(11-15-5-8-17(22-4)9-6-15)20(3)18(21)10-7-16-12-23-14(2)19-16/h5-10,12-13H,11H2,1-4H3. The minimum atomic E-state index is -0.0170. The Morgan fingerprint density at radius 1 is 1.39 bits per heavy atom. The lowest BCUT2D eigenvalue weighted by Crippen LogP contribution is -2.35. The zero-order valence-electron chi connectivity index (χ0n) is 13.9. The summed E-state index contributed by atoms with van der Waals surface area (Å²) in [5.41, 5.74) is 2.01. The lowest BCUT2D eigenvalue weighted by molar-refractivity contribution is -0.126. The number of aryl methyl sites for hydroxylation is 1. The smallest absolute Gasteiger partial charge is 0.246 e. The largest absolute Gasteiger partial charge is 0.497 e. The number of thiazole rings is 1. The average Bonchev–Trinajstić information content (AvgIpc) is 2.98. The van der Waals surface area contributed by atoms with Gasteiger partial charge >= 0.3 is 0 Å². The molecule has 23 heavy (non-hydrogen) atoms. The van der Waals surface area contributed by atoms with Crippen LogP contribution in [0.4, 0.5) is 0 Å². The number of rotatable bonds is 6. The fraction of sp³-hybridized carbons (Fsp3) is 0.333. The molecule has 1 atom stereocenters. The first-order valence-electron chi connectivity index (χ1n) is 7.49. The SMILES string of the molecule is COc1ccc(CC(C)N(C)C(=O)C=Cc2csc(C)n2)cc1. The molecule has 1 amide bonds. The monoisotopic (exact) mass is 330 g/mol. The molecule has 5 heteroatoms. The summed E-state index contributed by atoms with van der Waals surface area (Å²) in [7, 11) is 3.48. The second kappa shape index (κ2) is 7.92. The van der Waals surface area contributed by atoms with Crippen molar-refractivity contribution < 1.29 is 9.53 Å². The lowest BCUT2D eigenvalue weighted by atomic mass is 10.1. The van der Waals surface area contributed by atoms with Gasteiger partial charge in [-0.1, -0.05) is 12.1 Å². The van der Waals surface area contributed by atoms with Crippen LogP contribution in [-0.4, -0.2) is 36.0 Å². The highest BCUT2D eigenvalue weighted by atomic mass is 32.1. The molecule has 0 saturated carbocycles. The Hall–Kier alpha value is -2.14. The van der Waals surface area contributed by atoms with Gasteiger partial charge in [-0.3, -0.25) is 4.79 Å². The third kappa shape index (κ3) is 4.93. The summed E-state index contributed by atoms with van der Waals surface area (Å²) in [5.74, 6) is 0.823. The summed E-state index contributed by atoms with van der Waals surface area (Å²) < 4.78 is 5.16. The van der Waals surface area contributed by atoms with Crippen molar-refractivity contribution in [1.82, 2.24) is 9.88 Å². The van der Waals surface area contributed by atoms with E-state index in [2.05, 4.69) is 4.98 Å². The van der Waals surface area contributed by atoms with Crippen molar-refractivity contribution in [1.29, 1.82) is 0 Å². The van der Waals surface area contributed by atoms with E-state index in [1.165, 1.54) is 5.56 Å². The summed E-state index contributed by atoms with van der Waals surface area (Å²) in [5, 5.41) is 2.94. The van der Waals surface area contributed by atoms with E-state index in [9.17, 15) is 4.79 Å². The predicted octanol–water partition coefficient (Wildman–Crippen LogP) is 3.56. The third-order valence-corrected chi connectivity index (χ3v) is 4.52. The summed E-state index contributed by atoms with van der Waals surface area (Å²) >= 11 is 1.58. The summed E-state index contributed by atoms with van der Waals surface area (Å²) in [6.45, 7) is 4.00. The van der Waals surface area contributed by atoms with E-state index in [-0.39, 0.29) is 11.9 Å². The van der Waals surface area contributed by atoms with Crippen molar-refractivity contribution in [2.45, 2.75) is 26.3 Å². The van der Waals surface area contributed by atoms with Crippen LogP contribution >= 0.6 is 11.3 Å². The summed E-state index contributed by atoms with van der Waals surface area (Å²) in [6, 6.07) is 8.05. The summed E-state index contributed by atoms with van der Waals surface area (Å²) in [4.78, 5) is 18.3. The molecule has 0 spiro atoms. The van der Waals surface area contributed by atoms with Crippen molar-refractivity contribution in [3.05, 3.63) is 52.0 Å². The molecule has 0 aliphatic heterocycles. The van der Waals surface area contributed by atoms with E-state index < -0.39 is 0 Å². The number of amides is 1. The maximum atomic E-state index is 12.3. The number of methoxy groups -OCH3 is 1. The van der Waals surface area contributed by atoms with Gasteiger partial charge in [0.2, 0.25) is 5.91 Å². The van der Waals surface area contributed by atoms with Crippen LogP contribution in [0.2, 0.25) is 0 Å². The number of carbonyl (C=O) groups is 1. The third-order valence-electron chi connectivity index (χ3n) is 3.73. The number of carbonyl (C=O) groups excluding carboxylic acids is 1. The van der Waals surface area contributed by atoms with Gasteiger partial charge in [0, 0.05) is 24.5 Å². The Morgan fingerprint density at radius 3 is 2.65 bits per heavy atom. The van der Waals surface area contributed by atoms with Crippen LogP contribution in [-0.2, 0) is 11.2 Å². The van der Waals surface area contributed by atoms with E-state index in [0.717, 1.165) is 22.9 Å². The summed E-state index contributed by atoms with van der Waals surface area (Å²) in [6.07, 6.45) is 4.15. The Balaban J connectivity index is 1.93. The fourth-order valence-corrected chi connectivity index (χ4v) is 2.77. The van der Waals surface area contributed by atoms with Crippen LogP contribution < -0.4 is 4.74 Å². The Morgan fingerprint density at radius 2 is 2.09 bits per heavy atom. The fourth-order valence-electron chi connectivity index (χ4n) is 2.19. The number of nitrogens with zero attached hydrogens (tertiary/aromatic N) is 2. The molecule has 0 aliphatic rings. The van der Waals surface area contributed by atoms with Crippen LogP contribution in [0.5, 0.6) is 5.75 Å². The maximum absolute atomic E-state index is 12.3. The molecule has 2 rings (SSSR count). The molecular formula is C18H22N2O2S. The zero-order chi connectivity index (χ0) is 16.8. The van der Waals surface area contributed by atoms with Crippen LogP contribution in [0.25, 0.3) is 6.08 Å². The molecule has 1 aromatic heterocycles. The Bertz CT molecular complexity index is 677. The predicted molar refractivity (Wildman–Crippen MR) is 94.8 cm³/mol. The van der Waals surface area contributed by atoms with Crippen molar-refractivity contribution in [3.8, 4) is 5.75 Å². The average molecular weight is 330 g/mol. The molecular weight excluding hydrogens is 308 g/mol. The molecule has 0 N–H and O–H groups in total. The molecule has 0 saturated heterocycles. The van der Waals surface area contributed by atoms with Crippen LogP contribution in [0.3, 0.4) is 0 Å². The number of aromatic nitrogens is 1. The number of hydrogen-bond donors (Lipinski definition) is 0. The molecule has 4 nitrogen and oxygen atoms in total. The Labute approximate surface area is 141 Å². The van der Waals surface area contributed by atoms with Gasteiger partial charge in [0.25, 0.3) is 0 Å². The molecule has 0 fully saturated rings. The van der Waals surface area contributed by atoms with Crippen LogP contribution in [0, 0.1) is 6.92 Å². The molecule has 1 heterocycles. The lowest BCUT2D eigenvalue weighted by Gasteiger charge is -2.24. The highest BCUT2D eigenvalue weighted by molar-refractivity contribution is 7.09. The second-order valence-electron chi connectivity index (χ2n) is 5.48. The molecule has 1 aromatic carbocycles. The van der Waals surface area contributed by atoms with Gasteiger partial charge in [0.15, 0.2) is 0 Å². The number of benzene rings is 1. The van der Waals surface area contributed by atoms with Crippen molar-refractivity contribution in [2.24, 2.45) is 0 Å².